The molecule has 0 bridgehead atoms. The highest BCUT2D eigenvalue weighted by Crippen LogP contribution is 2.48. The molecule has 24 heavy (non-hydrogen) atoms. The average molecular weight is 362 g/mol. The Morgan fingerprint density at radius 3 is 2.29 bits per heavy atom. The number of halogens is 1. The van der Waals surface area contributed by atoms with Crippen molar-refractivity contribution in [2.24, 2.45) is 0 Å². The molecule has 0 amide bonds. The van der Waals surface area contributed by atoms with Crippen molar-refractivity contribution < 1.29 is 27.5 Å². The summed E-state index contributed by atoms with van der Waals surface area (Å²) in [4.78, 5) is 0. The predicted octanol–water partition coefficient (Wildman–Crippen LogP) is 5.04. The standard InChI is InChI=1S/C17H28FO5P/c1-4-22-24(19,23-5-2)13-9-7-6-8-12-21-17-11-10-15(20-3)14-16(17)18/h10-11,14H,4-9,12-13H2,1-3H3. The normalized spacial score (nSPS) is 11.5. The first kappa shape index (κ1) is 20.9. The van der Waals surface area contributed by atoms with Crippen LogP contribution in [0.4, 0.5) is 4.39 Å². The molecular formula is C17H28FO5P. The lowest BCUT2D eigenvalue weighted by Gasteiger charge is -2.16. The van der Waals surface area contributed by atoms with E-state index in [-0.39, 0.29) is 5.75 Å². The van der Waals surface area contributed by atoms with Gasteiger partial charge in [0.05, 0.1) is 33.1 Å². The first-order chi connectivity index (χ1) is 11.5. The van der Waals surface area contributed by atoms with E-state index >= 15 is 0 Å². The molecule has 138 valence electrons. The Labute approximate surface area is 144 Å². The topological polar surface area (TPSA) is 54.0 Å². The molecule has 0 spiro atoms. The second-order valence-electron chi connectivity index (χ2n) is 5.23. The van der Waals surface area contributed by atoms with Crippen LogP contribution in [0.25, 0.3) is 0 Å². The smallest absolute Gasteiger partial charge is 0.330 e. The highest BCUT2D eigenvalue weighted by Gasteiger charge is 2.22. The fraction of sp³-hybridized carbons (Fsp3) is 0.647. The van der Waals surface area contributed by atoms with E-state index < -0.39 is 13.4 Å². The van der Waals surface area contributed by atoms with E-state index in [9.17, 15) is 8.96 Å². The molecule has 1 aromatic carbocycles. The van der Waals surface area contributed by atoms with Gasteiger partial charge in [-0.2, -0.15) is 0 Å². The summed E-state index contributed by atoms with van der Waals surface area (Å²) in [6.07, 6.45) is 3.82. The number of benzene rings is 1. The Morgan fingerprint density at radius 1 is 1.04 bits per heavy atom. The number of hydrogen-bond acceptors (Lipinski definition) is 5. The molecule has 0 aliphatic rings. The Morgan fingerprint density at radius 2 is 1.71 bits per heavy atom. The predicted molar refractivity (Wildman–Crippen MR) is 92.6 cm³/mol. The minimum atomic E-state index is -2.93. The van der Waals surface area contributed by atoms with Crippen molar-refractivity contribution >= 4 is 7.60 Å². The maximum atomic E-state index is 13.7. The number of hydrogen-bond donors (Lipinski definition) is 0. The Bertz CT molecular complexity index is 514. The van der Waals surface area contributed by atoms with Gasteiger partial charge in [0.15, 0.2) is 11.6 Å². The number of ether oxygens (including phenoxy) is 2. The number of rotatable bonds is 13. The van der Waals surface area contributed by atoms with E-state index in [1.807, 2.05) is 0 Å². The SMILES string of the molecule is CCOP(=O)(CCCCCCOc1ccc(OC)cc1F)OCC. The number of methoxy groups -OCH3 is 1. The van der Waals surface area contributed by atoms with Crippen LogP contribution in [0.1, 0.15) is 39.5 Å². The zero-order valence-electron chi connectivity index (χ0n) is 14.8. The summed E-state index contributed by atoms with van der Waals surface area (Å²) in [5, 5.41) is 0. The zero-order chi connectivity index (χ0) is 17.8. The van der Waals surface area contributed by atoms with Gasteiger partial charge in [-0.25, -0.2) is 4.39 Å². The quantitative estimate of drug-likeness (QED) is 0.363. The minimum Gasteiger partial charge on any atom is -0.497 e. The molecule has 0 aliphatic carbocycles. The molecule has 0 fully saturated rings. The Kier molecular flexibility index (Phi) is 9.99. The largest absolute Gasteiger partial charge is 0.497 e. The van der Waals surface area contributed by atoms with Gasteiger partial charge in [0.25, 0.3) is 0 Å². The van der Waals surface area contributed by atoms with Gasteiger partial charge in [-0.1, -0.05) is 12.8 Å². The van der Waals surface area contributed by atoms with Crippen LogP contribution in [0.2, 0.25) is 0 Å². The Hall–Kier alpha value is -1.10. The molecule has 0 saturated carbocycles. The molecule has 0 unspecified atom stereocenters. The molecule has 0 aliphatic heterocycles. The maximum absolute atomic E-state index is 13.7. The summed E-state index contributed by atoms with van der Waals surface area (Å²) in [5.41, 5.74) is 0. The van der Waals surface area contributed by atoms with Crippen molar-refractivity contribution in [2.75, 3.05) is 33.1 Å². The molecule has 0 heterocycles. The molecule has 1 aromatic rings. The van der Waals surface area contributed by atoms with E-state index in [0.29, 0.717) is 31.7 Å². The van der Waals surface area contributed by atoms with Crippen molar-refractivity contribution in [2.45, 2.75) is 39.5 Å². The van der Waals surface area contributed by atoms with Crippen LogP contribution in [0.3, 0.4) is 0 Å². The van der Waals surface area contributed by atoms with Crippen molar-refractivity contribution in [1.82, 2.24) is 0 Å². The average Bonchev–Trinajstić information content (AvgIpc) is 2.55. The van der Waals surface area contributed by atoms with Crippen molar-refractivity contribution in [3.05, 3.63) is 24.0 Å². The van der Waals surface area contributed by atoms with E-state index in [1.54, 1.807) is 26.0 Å². The van der Waals surface area contributed by atoms with Gasteiger partial charge in [-0.15, -0.1) is 0 Å². The fourth-order valence-electron chi connectivity index (χ4n) is 2.23. The zero-order valence-corrected chi connectivity index (χ0v) is 15.6. The highest BCUT2D eigenvalue weighted by atomic mass is 31.2. The molecule has 0 aromatic heterocycles. The van der Waals surface area contributed by atoms with Crippen LogP contribution in [0.5, 0.6) is 11.5 Å². The van der Waals surface area contributed by atoms with E-state index in [2.05, 4.69) is 0 Å². The highest BCUT2D eigenvalue weighted by molar-refractivity contribution is 7.53. The monoisotopic (exact) mass is 362 g/mol. The van der Waals surface area contributed by atoms with Crippen molar-refractivity contribution in [1.29, 1.82) is 0 Å². The van der Waals surface area contributed by atoms with Crippen LogP contribution in [-0.4, -0.2) is 33.1 Å². The third kappa shape index (κ3) is 7.65. The lowest BCUT2D eigenvalue weighted by atomic mass is 10.2. The molecule has 0 N–H and O–H groups in total. The lowest BCUT2D eigenvalue weighted by Crippen LogP contribution is -2.02. The summed E-state index contributed by atoms with van der Waals surface area (Å²) in [7, 11) is -1.44. The van der Waals surface area contributed by atoms with E-state index in [0.717, 1.165) is 25.7 Å². The first-order valence-corrected chi connectivity index (χ1v) is 10.1. The molecule has 5 nitrogen and oxygen atoms in total. The van der Waals surface area contributed by atoms with Gasteiger partial charge in [-0.05, 0) is 38.8 Å². The third-order valence-corrected chi connectivity index (χ3v) is 5.54. The van der Waals surface area contributed by atoms with Gasteiger partial charge in [0.2, 0.25) is 0 Å². The molecule has 0 saturated heterocycles. The summed E-state index contributed by atoms with van der Waals surface area (Å²) >= 11 is 0. The molecule has 0 atom stereocenters. The number of unbranched alkanes of at least 4 members (excludes halogenated alkanes) is 3. The second kappa shape index (κ2) is 11.5. The fourth-order valence-corrected chi connectivity index (χ4v) is 3.96. The van der Waals surface area contributed by atoms with E-state index in [4.69, 9.17) is 18.5 Å². The minimum absolute atomic E-state index is 0.230. The van der Waals surface area contributed by atoms with Gasteiger partial charge < -0.3 is 18.5 Å². The van der Waals surface area contributed by atoms with Crippen LogP contribution in [-0.2, 0) is 13.6 Å². The molecular weight excluding hydrogens is 334 g/mol. The van der Waals surface area contributed by atoms with Gasteiger partial charge in [0.1, 0.15) is 5.75 Å². The van der Waals surface area contributed by atoms with Gasteiger partial charge in [0, 0.05) is 6.07 Å². The summed E-state index contributed by atoms with van der Waals surface area (Å²) in [5.74, 6) is 0.268. The van der Waals surface area contributed by atoms with Crippen molar-refractivity contribution in [3.8, 4) is 11.5 Å². The third-order valence-electron chi connectivity index (χ3n) is 3.37. The van der Waals surface area contributed by atoms with Crippen LogP contribution < -0.4 is 9.47 Å². The van der Waals surface area contributed by atoms with Crippen LogP contribution >= 0.6 is 7.60 Å². The lowest BCUT2D eigenvalue weighted by molar-refractivity contribution is 0.219. The van der Waals surface area contributed by atoms with E-state index in [1.165, 1.54) is 13.2 Å². The summed E-state index contributed by atoms with van der Waals surface area (Å²) in [6.45, 7) is 4.83. The summed E-state index contributed by atoms with van der Waals surface area (Å²) in [6, 6.07) is 4.53. The van der Waals surface area contributed by atoms with Crippen LogP contribution in [0, 0.1) is 5.82 Å². The second-order valence-corrected chi connectivity index (χ2v) is 7.41. The molecule has 0 radical (unpaired) electrons. The molecule has 1 rings (SSSR count). The van der Waals surface area contributed by atoms with Crippen molar-refractivity contribution in [3.63, 3.8) is 0 Å². The summed E-state index contributed by atoms with van der Waals surface area (Å²) < 4.78 is 46.8. The van der Waals surface area contributed by atoms with Crippen LogP contribution in [0.15, 0.2) is 18.2 Å². The maximum Gasteiger partial charge on any atom is 0.330 e. The van der Waals surface area contributed by atoms with Gasteiger partial charge >= 0.3 is 7.60 Å². The first-order valence-electron chi connectivity index (χ1n) is 8.39. The van der Waals surface area contributed by atoms with Gasteiger partial charge in [-0.3, -0.25) is 4.57 Å². The molecule has 7 heteroatoms. The Balaban J connectivity index is 2.19.